The van der Waals surface area contributed by atoms with E-state index in [1.165, 1.54) is 31.1 Å². The second-order valence-electron chi connectivity index (χ2n) is 4.31. The van der Waals surface area contributed by atoms with Gasteiger partial charge in [-0.1, -0.05) is 0 Å². The Labute approximate surface area is 98.6 Å². The molecule has 17 heavy (non-hydrogen) atoms. The summed E-state index contributed by atoms with van der Waals surface area (Å²) in [5.41, 5.74) is 4.06. The number of carbonyl (C=O) groups excluding carboxylic acids is 1. The predicted molar refractivity (Wildman–Crippen MR) is 62.0 cm³/mol. The second-order valence-corrected chi connectivity index (χ2v) is 4.31. The van der Waals surface area contributed by atoms with E-state index in [-0.39, 0.29) is 5.89 Å². The van der Waals surface area contributed by atoms with Crippen molar-refractivity contribution in [3.05, 3.63) is 29.2 Å². The molecule has 1 aliphatic carbocycles. The number of rotatable bonds is 1. The third-order valence-corrected chi connectivity index (χ3v) is 3.21. The number of hydrogen-bond acceptors (Lipinski definition) is 4. The molecule has 1 aliphatic rings. The lowest BCUT2D eigenvalue weighted by Crippen LogP contribution is -2.01. The Bertz CT molecular complexity index is 543. The quantitative estimate of drug-likeness (QED) is 0.707. The van der Waals surface area contributed by atoms with Gasteiger partial charge in [-0.25, -0.2) is 9.78 Å². The molecule has 1 aromatic heterocycles. The molecule has 0 saturated carbocycles. The predicted octanol–water partition coefficient (Wildman–Crippen LogP) is 2.49. The van der Waals surface area contributed by atoms with Crippen LogP contribution in [0.5, 0.6) is 0 Å². The molecule has 0 aliphatic heterocycles. The number of aryl methyl sites for hydroxylation is 2. The number of ether oxygens (including phenoxy) is 1. The van der Waals surface area contributed by atoms with E-state index in [2.05, 4.69) is 9.72 Å². The molecule has 88 valence electrons. The molecule has 0 fully saturated rings. The molecule has 3 rings (SSSR count). The molecule has 4 heteroatoms. The third-order valence-electron chi connectivity index (χ3n) is 3.21. The number of fused-ring (bicyclic) bond motifs is 2. The van der Waals surface area contributed by atoms with Crippen molar-refractivity contribution in [2.45, 2.75) is 25.7 Å². The molecule has 0 atom stereocenters. The minimum Gasteiger partial charge on any atom is -0.462 e. The molecule has 2 aromatic rings. The zero-order valence-electron chi connectivity index (χ0n) is 9.66. The fourth-order valence-corrected chi connectivity index (χ4v) is 2.33. The largest absolute Gasteiger partial charge is 0.462 e. The van der Waals surface area contributed by atoms with Gasteiger partial charge >= 0.3 is 11.9 Å². The SMILES string of the molecule is COC(=O)c1nc2cc3c(cc2o1)CCCC3. The summed E-state index contributed by atoms with van der Waals surface area (Å²) < 4.78 is 10.00. The van der Waals surface area contributed by atoms with Crippen molar-refractivity contribution in [2.24, 2.45) is 0 Å². The minimum atomic E-state index is -0.529. The van der Waals surface area contributed by atoms with Crippen molar-refractivity contribution in [3.8, 4) is 0 Å². The van der Waals surface area contributed by atoms with Crippen molar-refractivity contribution in [2.75, 3.05) is 7.11 Å². The van der Waals surface area contributed by atoms with Gasteiger partial charge in [0.2, 0.25) is 0 Å². The summed E-state index contributed by atoms with van der Waals surface area (Å²) in [6, 6.07) is 4.03. The van der Waals surface area contributed by atoms with Crippen LogP contribution in [0.3, 0.4) is 0 Å². The number of benzene rings is 1. The topological polar surface area (TPSA) is 52.3 Å². The van der Waals surface area contributed by atoms with Gasteiger partial charge in [0.1, 0.15) is 5.52 Å². The first kappa shape index (κ1) is 10.3. The zero-order valence-corrected chi connectivity index (χ0v) is 9.66. The Hall–Kier alpha value is -1.84. The Morgan fingerprint density at radius 3 is 2.71 bits per heavy atom. The number of methoxy groups -OCH3 is 1. The Morgan fingerprint density at radius 1 is 1.29 bits per heavy atom. The molecule has 0 bridgehead atoms. The molecule has 0 radical (unpaired) electrons. The molecule has 0 unspecified atom stereocenters. The molecule has 1 aromatic carbocycles. The number of esters is 1. The van der Waals surface area contributed by atoms with Crippen molar-refractivity contribution in [1.82, 2.24) is 4.98 Å². The fourth-order valence-electron chi connectivity index (χ4n) is 2.33. The van der Waals surface area contributed by atoms with Crippen LogP contribution in [0, 0.1) is 0 Å². The molecule has 4 nitrogen and oxygen atoms in total. The lowest BCUT2D eigenvalue weighted by Gasteiger charge is -2.14. The van der Waals surface area contributed by atoms with Crippen LogP contribution in [-0.2, 0) is 17.6 Å². The highest BCUT2D eigenvalue weighted by molar-refractivity contribution is 5.88. The number of hydrogen-bond donors (Lipinski definition) is 0. The van der Waals surface area contributed by atoms with Gasteiger partial charge in [0.25, 0.3) is 0 Å². The maximum atomic E-state index is 11.3. The van der Waals surface area contributed by atoms with Gasteiger partial charge in [-0.2, -0.15) is 0 Å². The lowest BCUT2D eigenvalue weighted by molar-refractivity contribution is 0.0558. The monoisotopic (exact) mass is 231 g/mol. The first-order valence-electron chi connectivity index (χ1n) is 5.78. The van der Waals surface area contributed by atoms with Crippen LogP contribution >= 0.6 is 0 Å². The van der Waals surface area contributed by atoms with Crippen molar-refractivity contribution in [1.29, 1.82) is 0 Å². The van der Waals surface area contributed by atoms with E-state index in [1.807, 2.05) is 12.1 Å². The summed E-state index contributed by atoms with van der Waals surface area (Å²) in [5.74, 6) is -0.496. The van der Waals surface area contributed by atoms with Gasteiger partial charge in [-0.05, 0) is 48.9 Å². The van der Waals surface area contributed by atoms with Gasteiger partial charge < -0.3 is 9.15 Å². The van der Waals surface area contributed by atoms with Gasteiger partial charge in [-0.15, -0.1) is 0 Å². The molecule has 0 amide bonds. The number of oxazole rings is 1. The average Bonchev–Trinajstić information content (AvgIpc) is 2.77. The van der Waals surface area contributed by atoms with E-state index in [0.29, 0.717) is 5.58 Å². The van der Waals surface area contributed by atoms with Crippen LogP contribution in [0.1, 0.15) is 34.7 Å². The van der Waals surface area contributed by atoms with E-state index in [4.69, 9.17) is 4.42 Å². The number of nitrogens with zero attached hydrogens (tertiary/aromatic N) is 1. The molecule has 0 saturated heterocycles. The van der Waals surface area contributed by atoms with Gasteiger partial charge in [0, 0.05) is 0 Å². The van der Waals surface area contributed by atoms with Crippen LogP contribution in [0.2, 0.25) is 0 Å². The molecule has 0 N–H and O–H groups in total. The standard InChI is InChI=1S/C13H13NO3/c1-16-13(15)12-14-10-6-8-4-2-3-5-9(8)7-11(10)17-12/h6-7H,2-5H2,1H3. The van der Waals surface area contributed by atoms with E-state index in [9.17, 15) is 4.79 Å². The van der Waals surface area contributed by atoms with Gasteiger partial charge in [0.05, 0.1) is 7.11 Å². The third kappa shape index (κ3) is 1.69. The Balaban J connectivity index is 2.12. The highest BCUT2D eigenvalue weighted by Crippen LogP contribution is 2.27. The smallest absolute Gasteiger partial charge is 0.394 e. The highest BCUT2D eigenvalue weighted by Gasteiger charge is 2.17. The van der Waals surface area contributed by atoms with Crippen molar-refractivity contribution < 1.29 is 13.9 Å². The van der Waals surface area contributed by atoms with E-state index in [1.54, 1.807) is 0 Å². The summed E-state index contributed by atoms with van der Waals surface area (Å²) in [7, 11) is 1.32. The molecule has 0 spiro atoms. The van der Waals surface area contributed by atoms with E-state index in [0.717, 1.165) is 18.4 Å². The summed E-state index contributed by atoms with van der Waals surface area (Å²) in [6.45, 7) is 0. The van der Waals surface area contributed by atoms with Crippen molar-refractivity contribution >= 4 is 17.1 Å². The highest BCUT2D eigenvalue weighted by atomic mass is 16.5. The van der Waals surface area contributed by atoms with Crippen molar-refractivity contribution in [3.63, 3.8) is 0 Å². The van der Waals surface area contributed by atoms with Crippen LogP contribution in [0.4, 0.5) is 0 Å². The van der Waals surface area contributed by atoms with Crippen LogP contribution in [-0.4, -0.2) is 18.1 Å². The summed E-state index contributed by atoms with van der Waals surface area (Å²) in [6.07, 6.45) is 4.61. The van der Waals surface area contributed by atoms with Gasteiger partial charge in [-0.3, -0.25) is 0 Å². The summed E-state index contributed by atoms with van der Waals surface area (Å²) in [4.78, 5) is 15.5. The van der Waals surface area contributed by atoms with Gasteiger partial charge in [0.15, 0.2) is 5.58 Å². The maximum Gasteiger partial charge on any atom is 0.394 e. The number of carbonyl (C=O) groups is 1. The summed E-state index contributed by atoms with van der Waals surface area (Å²) in [5, 5.41) is 0. The first-order chi connectivity index (χ1) is 8.28. The van der Waals surface area contributed by atoms with Crippen LogP contribution in [0.25, 0.3) is 11.1 Å². The van der Waals surface area contributed by atoms with E-state index >= 15 is 0 Å². The van der Waals surface area contributed by atoms with Crippen LogP contribution < -0.4 is 0 Å². The summed E-state index contributed by atoms with van der Waals surface area (Å²) >= 11 is 0. The molecular formula is C13H13NO3. The lowest BCUT2D eigenvalue weighted by atomic mass is 9.91. The first-order valence-corrected chi connectivity index (χ1v) is 5.78. The fraction of sp³-hybridized carbons (Fsp3) is 0.385. The molecular weight excluding hydrogens is 218 g/mol. The average molecular weight is 231 g/mol. The van der Waals surface area contributed by atoms with Crippen LogP contribution in [0.15, 0.2) is 16.5 Å². The Morgan fingerprint density at radius 2 is 2.00 bits per heavy atom. The normalized spacial score (nSPS) is 14.6. The zero-order chi connectivity index (χ0) is 11.8. The maximum absolute atomic E-state index is 11.3. The second kappa shape index (κ2) is 3.87. The Kier molecular flexibility index (Phi) is 2.35. The van der Waals surface area contributed by atoms with E-state index < -0.39 is 5.97 Å². The molecule has 1 heterocycles. The minimum absolute atomic E-state index is 0.0323. The number of aromatic nitrogens is 1.